The number of nitrogen functional groups attached to an aromatic ring is 1. The monoisotopic (exact) mass is 458 g/mol. The van der Waals surface area contributed by atoms with Crippen LogP contribution in [0.5, 0.6) is 0 Å². The van der Waals surface area contributed by atoms with Crippen LogP contribution >= 0.6 is 0 Å². The van der Waals surface area contributed by atoms with Crippen molar-refractivity contribution in [3.63, 3.8) is 0 Å². The van der Waals surface area contributed by atoms with Gasteiger partial charge in [0.05, 0.1) is 0 Å². The van der Waals surface area contributed by atoms with Crippen LogP contribution in [-0.4, -0.2) is 32.1 Å². The molecule has 0 spiro atoms. The number of hydrogen-bond donors (Lipinski definition) is 4. The molecule has 6 N–H and O–H groups in total. The summed E-state index contributed by atoms with van der Waals surface area (Å²) in [5, 5.41) is 12.1. The highest BCUT2D eigenvalue weighted by Gasteiger charge is 2.13. The van der Waals surface area contributed by atoms with Crippen LogP contribution in [0.15, 0.2) is 72.8 Å². The second-order valence-corrected chi connectivity index (χ2v) is 7.75. The molecule has 4 rings (SSSR count). The molecule has 0 saturated heterocycles. The maximum Gasteiger partial charge on any atom is 0.320 e. The normalized spacial score (nSPS) is 11.7. The van der Waals surface area contributed by atoms with Crippen molar-refractivity contribution in [1.82, 2.24) is 15.0 Å². The van der Waals surface area contributed by atoms with Gasteiger partial charge >= 0.3 is 5.97 Å². The predicted octanol–water partition coefficient (Wildman–Crippen LogP) is 3.49. The molecule has 34 heavy (non-hydrogen) atoms. The summed E-state index contributed by atoms with van der Waals surface area (Å²) >= 11 is 0. The summed E-state index contributed by atoms with van der Waals surface area (Å²) in [6.45, 7) is 0.457. The Morgan fingerprint density at radius 2 is 1.59 bits per heavy atom. The smallest absolute Gasteiger partial charge is 0.320 e. The van der Waals surface area contributed by atoms with E-state index >= 15 is 0 Å². The Labute approximate surface area is 195 Å². The van der Waals surface area contributed by atoms with E-state index in [4.69, 9.17) is 16.6 Å². The molecule has 3 aromatic carbocycles. The Morgan fingerprint density at radius 1 is 0.912 bits per heavy atom. The number of nitrogens with zero attached hydrogens (tertiary/aromatic N) is 3. The van der Waals surface area contributed by atoms with Gasteiger partial charge in [0.15, 0.2) is 5.82 Å². The number of halogens is 1. The molecule has 0 bridgehead atoms. The Balaban J connectivity index is 1.44. The first-order valence-electron chi connectivity index (χ1n) is 10.6. The minimum atomic E-state index is -1.05. The summed E-state index contributed by atoms with van der Waals surface area (Å²) in [7, 11) is 0. The third-order valence-electron chi connectivity index (χ3n) is 5.20. The highest BCUT2D eigenvalue weighted by Crippen LogP contribution is 2.22. The molecule has 0 radical (unpaired) electrons. The average molecular weight is 458 g/mol. The zero-order valence-electron chi connectivity index (χ0n) is 18.1. The van der Waals surface area contributed by atoms with E-state index in [0.29, 0.717) is 23.9 Å². The standard InChI is InChI=1S/C25H23FN6O2/c26-20-3-1-2-19(13-20)17-8-6-16(7-9-17)14-29-25-31-22(30-24(28)32-25)18-10-4-15(5-11-18)12-21(27)23(33)34/h1-11,13,21H,12,14,27H2,(H,33,34)(H3,28,29,30,31,32). The molecule has 1 unspecified atom stereocenters. The van der Waals surface area contributed by atoms with Crippen molar-refractivity contribution in [2.75, 3.05) is 11.1 Å². The van der Waals surface area contributed by atoms with E-state index in [1.54, 1.807) is 30.3 Å². The molecule has 0 saturated carbocycles. The van der Waals surface area contributed by atoms with Gasteiger partial charge in [0.25, 0.3) is 0 Å². The van der Waals surface area contributed by atoms with E-state index < -0.39 is 12.0 Å². The lowest BCUT2D eigenvalue weighted by atomic mass is 10.0. The predicted molar refractivity (Wildman–Crippen MR) is 128 cm³/mol. The van der Waals surface area contributed by atoms with E-state index in [2.05, 4.69) is 20.3 Å². The summed E-state index contributed by atoms with van der Waals surface area (Å²) in [5.74, 6) is -0.524. The number of rotatable bonds is 8. The second kappa shape index (κ2) is 10.1. The number of nitrogens with two attached hydrogens (primary N) is 2. The minimum Gasteiger partial charge on any atom is -0.480 e. The summed E-state index contributed by atoms with van der Waals surface area (Å²) in [6.07, 6.45) is 0.222. The van der Waals surface area contributed by atoms with Gasteiger partial charge < -0.3 is 21.9 Å². The van der Waals surface area contributed by atoms with Crippen molar-refractivity contribution in [2.24, 2.45) is 5.73 Å². The number of aliphatic carboxylic acids is 1. The number of anilines is 2. The molecule has 0 fully saturated rings. The van der Waals surface area contributed by atoms with Crippen molar-refractivity contribution < 1.29 is 14.3 Å². The molecule has 0 aliphatic rings. The lowest BCUT2D eigenvalue weighted by Gasteiger charge is -2.10. The molecule has 1 aromatic heterocycles. The average Bonchev–Trinajstić information content (AvgIpc) is 2.83. The fourth-order valence-corrected chi connectivity index (χ4v) is 3.40. The summed E-state index contributed by atoms with van der Waals surface area (Å²) in [5.41, 5.74) is 15.7. The van der Waals surface area contributed by atoms with Gasteiger partial charge in [-0.3, -0.25) is 4.79 Å². The molecule has 1 heterocycles. The molecule has 172 valence electrons. The fourth-order valence-electron chi connectivity index (χ4n) is 3.40. The van der Waals surface area contributed by atoms with Crippen LogP contribution in [0.3, 0.4) is 0 Å². The topological polar surface area (TPSA) is 140 Å². The minimum absolute atomic E-state index is 0.0749. The van der Waals surface area contributed by atoms with Crippen molar-refractivity contribution in [3.05, 3.63) is 89.7 Å². The first-order valence-corrected chi connectivity index (χ1v) is 10.6. The fraction of sp³-hybridized carbons (Fsp3) is 0.120. The number of carbonyl (C=O) groups is 1. The van der Waals surface area contributed by atoms with Gasteiger partial charge in [-0.15, -0.1) is 0 Å². The molecule has 8 nitrogen and oxygen atoms in total. The van der Waals surface area contributed by atoms with E-state index in [0.717, 1.165) is 22.3 Å². The van der Waals surface area contributed by atoms with E-state index in [1.165, 1.54) is 12.1 Å². The molecule has 9 heteroatoms. The lowest BCUT2D eigenvalue weighted by Crippen LogP contribution is -2.32. The van der Waals surface area contributed by atoms with Crippen LogP contribution in [0, 0.1) is 5.82 Å². The molecule has 1 atom stereocenters. The van der Waals surface area contributed by atoms with Crippen molar-refractivity contribution >= 4 is 17.9 Å². The van der Waals surface area contributed by atoms with Gasteiger partial charge in [-0.05, 0) is 40.8 Å². The molecular formula is C25H23FN6O2. The molecule has 0 aliphatic carbocycles. The van der Waals surface area contributed by atoms with E-state index in [-0.39, 0.29) is 18.2 Å². The summed E-state index contributed by atoms with van der Waals surface area (Å²) in [4.78, 5) is 23.7. The quantitative estimate of drug-likeness (QED) is 0.315. The zero-order valence-corrected chi connectivity index (χ0v) is 18.1. The Bertz CT molecular complexity index is 1300. The Morgan fingerprint density at radius 3 is 2.26 bits per heavy atom. The summed E-state index contributed by atoms with van der Waals surface area (Å²) in [6, 6.07) is 20.4. The van der Waals surface area contributed by atoms with Gasteiger partial charge in [0.2, 0.25) is 11.9 Å². The van der Waals surface area contributed by atoms with Gasteiger partial charge in [-0.25, -0.2) is 4.39 Å². The number of carboxylic acid groups (broad SMARTS) is 1. The van der Waals surface area contributed by atoms with Crippen LogP contribution in [0.4, 0.5) is 16.3 Å². The van der Waals surface area contributed by atoms with Gasteiger partial charge in [-0.2, -0.15) is 15.0 Å². The van der Waals surface area contributed by atoms with Crippen molar-refractivity contribution in [3.8, 4) is 22.5 Å². The van der Waals surface area contributed by atoms with E-state index in [1.807, 2.05) is 30.3 Å². The molecule has 4 aromatic rings. The van der Waals surface area contributed by atoms with Gasteiger partial charge in [-0.1, -0.05) is 60.7 Å². The SMILES string of the molecule is Nc1nc(NCc2ccc(-c3cccc(F)c3)cc2)nc(-c2ccc(CC(N)C(=O)O)cc2)n1. The maximum atomic E-state index is 13.5. The van der Waals surface area contributed by atoms with Crippen molar-refractivity contribution in [1.29, 1.82) is 0 Å². The van der Waals surface area contributed by atoms with Crippen LogP contribution < -0.4 is 16.8 Å². The number of hydrogen-bond acceptors (Lipinski definition) is 7. The highest BCUT2D eigenvalue weighted by atomic mass is 19.1. The second-order valence-electron chi connectivity index (χ2n) is 7.75. The zero-order chi connectivity index (χ0) is 24.1. The van der Waals surface area contributed by atoms with Gasteiger partial charge in [0, 0.05) is 12.1 Å². The molecular weight excluding hydrogens is 435 g/mol. The molecule has 0 amide bonds. The number of benzene rings is 3. The van der Waals surface area contributed by atoms with Crippen LogP contribution in [0.25, 0.3) is 22.5 Å². The number of nitrogens with one attached hydrogen (secondary N) is 1. The van der Waals surface area contributed by atoms with Gasteiger partial charge in [0.1, 0.15) is 11.9 Å². The maximum absolute atomic E-state index is 13.5. The summed E-state index contributed by atoms with van der Waals surface area (Å²) < 4.78 is 13.5. The third-order valence-corrected chi connectivity index (χ3v) is 5.20. The number of carboxylic acids is 1. The first kappa shape index (κ1) is 22.8. The van der Waals surface area contributed by atoms with E-state index in [9.17, 15) is 9.18 Å². The first-order chi connectivity index (χ1) is 16.4. The largest absolute Gasteiger partial charge is 0.480 e. The molecule has 0 aliphatic heterocycles. The lowest BCUT2D eigenvalue weighted by molar-refractivity contribution is -0.138. The number of aromatic nitrogens is 3. The van der Waals surface area contributed by atoms with Crippen molar-refractivity contribution in [2.45, 2.75) is 19.0 Å². The highest BCUT2D eigenvalue weighted by molar-refractivity contribution is 5.73. The van der Waals surface area contributed by atoms with Crippen LogP contribution in [0.2, 0.25) is 0 Å². The third kappa shape index (κ3) is 5.70. The Hall–Kier alpha value is -4.37. The van der Waals surface area contributed by atoms with Crippen LogP contribution in [0.1, 0.15) is 11.1 Å². The van der Waals surface area contributed by atoms with Crippen LogP contribution in [-0.2, 0) is 17.8 Å². The Kier molecular flexibility index (Phi) is 6.74.